The molecule has 0 aromatic carbocycles. The second-order valence-corrected chi connectivity index (χ2v) is 5.78. The lowest BCUT2D eigenvalue weighted by Crippen LogP contribution is -2.39. The average Bonchev–Trinajstić information content (AvgIpc) is 2.79. The van der Waals surface area contributed by atoms with E-state index in [2.05, 4.69) is 34.3 Å². The minimum absolute atomic E-state index is 0.703. The predicted molar refractivity (Wildman–Crippen MR) is 67.6 cm³/mol. The number of rotatable bonds is 5. The highest BCUT2D eigenvalue weighted by molar-refractivity contribution is 7.99. The van der Waals surface area contributed by atoms with Gasteiger partial charge in [0, 0.05) is 24.0 Å². The van der Waals surface area contributed by atoms with E-state index in [9.17, 15) is 0 Å². The van der Waals surface area contributed by atoms with Crippen molar-refractivity contribution in [1.82, 2.24) is 20.3 Å². The molecule has 1 saturated heterocycles. The first-order valence-electron chi connectivity index (χ1n) is 6.05. The van der Waals surface area contributed by atoms with Gasteiger partial charge < -0.3 is 5.32 Å². The first-order chi connectivity index (χ1) is 7.86. The van der Waals surface area contributed by atoms with E-state index in [-0.39, 0.29) is 0 Å². The summed E-state index contributed by atoms with van der Waals surface area (Å²) < 4.78 is 1.89. The Morgan fingerprint density at radius 1 is 1.56 bits per heavy atom. The third kappa shape index (κ3) is 3.49. The topological polar surface area (TPSA) is 42.7 Å². The van der Waals surface area contributed by atoms with Crippen LogP contribution in [0.15, 0.2) is 12.4 Å². The van der Waals surface area contributed by atoms with Crippen LogP contribution in [0.2, 0.25) is 0 Å². The van der Waals surface area contributed by atoms with Gasteiger partial charge in [-0.2, -0.15) is 11.8 Å². The van der Waals surface area contributed by atoms with Crippen LogP contribution in [0.5, 0.6) is 0 Å². The Morgan fingerprint density at radius 2 is 2.50 bits per heavy atom. The normalized spacial score (nSPS) is 25.8. The maximum Gasteiger partial charge on any atom is 0.0692 e. The van der Waals surface area contributed by atoms with Gasteiger partial charge in [-0.1, -0.05) is 12.1 Å². The molecule has 2 unspecified atom stereocenters. The van der Waals surface area contributed by atoms with Crippen molar-refractivity contribution in [2.75, 3.05) is 12.3 Å². The van der Waals surface area contributed by atoms with Crippen LogP contribution in [0.1, 0.15) is 26.2 Å². The van der Waals surface area contributed by atoms with E-state index in [1.54, 1.807) is 6.20 Å². The number of hydrogen-bond donors (Lipinski definition) is 1. The van der Waals surface area contributed by atoms with E-state index in [0.717, 1.165) is 24.8 Å². The molecule has 2 atom stereocenters. The second-order valence-electron chi connectivity index (χ2n) is 4.30. The summed E-state index contributed by atoms with van der Waals surface area (Å²) in [5.74, 6) is 1.33. The molecule has 4 nitrogen and oxygen atoms in total. The van der Waals surface area contributed by atoms with Gasteiger partial charge in [0.25, 0.3) is 0 Å². The number of hydrogen-bond acceptors (Lipinski definition) is 4. The number of nitrogens with zero attached hydrogens (tertiary/aromatic N) is 3. The lowest BCUT2D eigenvalue weighted by atomic mass is 10.1. The van der Waals surface area contributed by atoms with Crippen LogP contribution in [0, 0.1) is 0 Å². The van der Waals surface area contributed by atoms with Crippen molar-refractivity contribution in [3.8, 4) is 0 Å². The van der Waals surface area contributed by atoms with E-state index >= 15 is 0 Å². The van der Waals surface area contributed by atoms with E-state index in [4.69, 9.17) is 0 Å². The van der Waals surface area contributed by atoms with Gasteiger partial charge in [0.2, 0.25) is 0 Å². The smallest absolute Gasteiger partial charge is 0.0692 e. The van der Waals surface area contributed by atoms with Crippen LogP contribution in [-0.2, 0) is 6.54 Å². The fraction of sp³-hybridized carbons (Fsp3) is 0.818. The van der Waals surface area contributed by atoms with E-state index in [0.29, 0.717) is 6.04 Å². The molecule has 0 amide bonds. The molecular formula is C11H20N4S. The van der Waals surface area contributed by atoms with Crippen molar-refractivity contribution in [2.45, 2.75) is 44.0 Å². The molecule has 5 heteroatoms. The molecule has 0 saturated carbocycles. The van der Waals surface area contributed by atoms with Crippen molar-refractivity contribution >= 4 is 11.8 Å². The van der Waals surface area contributed by atoms with Crippen LogP contribution in [0.4, 0.5) is 0 Å². The molecule has 2 rings (SSSR count). The first-order valence-corrected chi connectivity index (χ1v) is 7.10. The highest BCUT2D eigenvalue weighted by Crippen LogP contribution is 2.24. The molecule has 1 N–H and O–H groups in total. The molecule has 1 fully saturated rings. The van der Waals surface area contributed by atoms with Gasteiger partial charge in [0.05, 0.1) is 6.20 Å². The summed E-state index contributed by atoms with van der Waals surface area (Å²) in [5, 5.41) is 12.2. The van der Waals surface area contributed by atoms with E-state index < -0.39 is 0 Å². The molecular weight excluding hydrogens is 220 g/mol. The summed E-state index contributed by atoms with van der Waals surface area (Å²) in [7, 11) is 0. The van der Waals surface area contributed by atoms with Crippen molar-refractivity contribution in [2.24, 2.45) is 0 Å². The summed E-state index contributed by atoms with van der Waals surface area (Å²) in [6.07, 6.45) is 7.46. The Balaban J connectivity index is 1.60. The van der Waals surface area contributed by atoms with Crippen molar-refractivity contribution in [1.29, 1.82) is 0 Å². The zero-order chi connectivity index (χ0) is 11.2. The highest BCUT2D eigenvalue weighted by Gasteiger charge is 2.20. The molecule has 16 heavy (non-hydrogen) atoms. The lowest BCUT2D eigenvalue weighted by molar-refractivity contribution is 0.440. The van der Waals surface area contributed by atoms with Crippen LogP contribution in [0.25, 0.3) is 0 Å². The molecule has 0 aliphatic carbocycles. The molecule has 1 aliphatic rings. The number of aryl methyl sites for hydroxylation is 1. The van der Waals surface area contributed by atoms with Crippen molar-refractivity contribution in [3.63, 3.8) is 0 Å². The summed E-state index contributed by atoms with van der Waals surface area (Å²) in [5.41, 5.74) is 0. The van der Waals surface area contributed by atoms with Gasteiger partial charge in [-0.25, -0.2) is 0 Å². The Labute approximate surface area is 101 Å². The quantitative estimate of drug-likeness (QED) is 0.793. The molecule has 0 radical (unpaired) electrons. The van der Waals surface area contributed by atoms with Gasteiger partial charge >= 0.3 is 0 Å². The summed E-state index contributed by atoms with van der Waals surface area (Å²) >= 11 is 2.09. The minimum Gasteiger partial charge on any atom is -0.313 e. The highest BCUT2D eigenvalue weighted by atomic mass is 32.2. The van der Waals surface area contributed by atoms with Crippen LogP contribution >= 0.6 is 11.8 Å². The maximum absolute atomic E-state index is 3.95. The fourth-order valence-electron chi connectivity index (χ4n) is 2.07. The fourth-order valence-corrected chi connectivity index (χ4v) is 3.24. The molecule has 1 aromatic rings. The maximum atomic E-state index is 3.95. The van der Waals surface area contributed by atoms with Crippen LogP contribution < -0.4 is 5.32 Å². The second kappa shape index (κ2) is 6.25. The largest absolute Gasteiger partial charge is 0.313 e. The summed E-state index contributed by atoms with van der Waals surface area (Å²) in [6, 6.07) is 0.703. The Kier molecular flexibility index (Phi) is 4.66. The molecule has 2 heterocycles. The van der Waals surface area contributed by atoms with Crippen molar-refractivity contribution < 1.29 is 0 Å². The van der Waals surface area contributed by atoms with E-state index in [1.165, 1.54) is 18.6 Å². The monoisotopic (exact) mass is 240 g/mol. The Morgan fingerprint density at radius 3 is 3.25 bits per heavy atom. The van der Waals surface area contributed by atoms with Gasteiger partial charge in [-0.15, -0.1) is 5.10 Å². The Hall–Kier alpha value is -0.550. The van der Waals surface area contributed by atoms with Crippen LogP contribution in [-0.4, -0.2) is 38.6 Å². The summed E-state index contributed by atoms with van der Waals surface area (Å²) in [4.78, 5) is 0. The Bertz CT molecular complexity index is 288. The van der Waals surface area contributed by atoms with Gasteiger partial charge in [-0.3, -0.25) is 4.68 Å². The van der Waals surface area contributed by atoms with Gasteiger partial charge in [0.15, 0.2) is 0 Å². The SMILES string of the molecule is CC1SCCCC1NCCCn1ccnn1. The zero-order valence-corrected chi connectivity index (χ0v) is 10.6. The third-order valence-corrected chi connectivity index (χ3v) is 4.43. The number of nitrogens with one attached hydrogen (secondary N) is 1. The molecule has 0 bridgehead atoms. The van der Waals surface area contributed by atoms with Crippen LogP contribution in [0.3, 0.4) is 0 Å². The number of thioether (sulfide) groups is 1. The lowest BCUT2D eigenvalue weighted by Gasteiger charge is -2.29. The van der Waals surface area contributed by atoms with E-state index in [1.807, 2.05) is 10.9 Å². The third-order valence-electron chi connectivity index (χ3n) is 3.05. The molecule has 1 aliphatic heterocycles. The predicted octanol–water partition coefficient (Wildman–Crippen LogP) is 1.54. The molecule has 90 valence electrons. The number of aromatic nitrogens is 3. The average molecular weight is 240 g/mol. The zero-order valence-electron chi connectivity index (χ0n) is 9.80. The minimum atomic E-state index is 0.703. The standard InChI is InChI=1S/C11H20N4S/c1-10-11(4-2-9-16-10)12-5-3-7-15-8-6-13-14-15/h6,8,10-12H,2-5,7,9H2,1H3. The van der Waals surface area contributed by atoms with Crippen molar-refractivity contribution in [3.05, 3.63) is 12.4 Å². The molecule has 1 aromatic heterocycles. The van der Waals surface area contributed by atoms with Gasteiger partial charge in [0.1, 0.15) is 0 Å². The summed E-state index contributed by atoms with van der Waals surface area (Å²) in [6.45, 7) is 4.37. The molecule has 0 spiro atoms. The first kappa shape index (κ1) is 11.9. The van der Waals surface area contributed by atoms with Gasteiger partial charge in [-0.05, 0) is 31.6 Å².